The van der Waals surface area contributed by atoms with Crippen molar-refractivity contribution in [1.29, 1.82) is 0 Å². The third-order valence-electron chi connectivity index (χ3n) is 9.64. The Morgan fingerprint density at radius 3 is 2.30 bits per heavy atom. The quantitative estimate of drug-likeness (QED) is 0.301. The number of phenols is 1. The van der Waals surface area contributed by atoms with Gasteiger partial charge >= 0.3 is 0 Å². The lowest BCUT2D eigenvalue weighted by molar-refractivity contribution is -0.148. The molecule has 13 heteroatoms. The number of halogens is 2. The number of likely N-dealkylation sites (N-methyl/N-ethyl adjacent to an activating group) is 1. The maximum absolute atomic E-state index is 14.2. The summed E-state index contributed by atoms with van der Waals surface area (Å²) in [6.45, 7) is 1.01. The van der Waals surface area contributed by atoms with Gasteiger partial charge in [0.15, 0.2) is 11.4 Å². The number of likely N-dealkylation sites (tertiary alicyclic amines) is 1. The fraction of sp³-hybridized carbons (Fsp3) is 0.567. The van der Waals surface area contributed by atoms with Crippen molar-refractivity contribution >= 4 is 23.2 Å². The fourth-order valence-corrected chi connectivity index (χ4v) is 7.48. The number of alkyl halides is 2. The van der Waals surface area contributed by atoms with Gasteiger partial charge in [-0.05, 0) is 70.4 Å². The van der Waals surface area contributed by atoms with E-state index in [4.69, 9.17) is 5.73 Å². The first-order valence-electron chi connectivity index (χ1n) is 14.3. The van der Waals surface area contributed by atoms with Gasteiger partial charge in [0, 0.05) is 49.3 Å². The number of primary amides is 1. The van der Waals surface area contributed by atoms with Crippen molar-refractivity contribution in [1.82, 2.24) is 9.80 Å². The molecule has 4 atom stereocenters. The number of phenolic OH excluding ortho intramolecular Hbond substituents is 1. The van der Waals surface area contributed by atoms with Gasteiger partial charge in [-0.1, -0.05) is 0 Å². The molecule has 1 aliphatic heterocycles. The van der Waals surface area contributed by atoms with Crippen LogP contribution in [0.1, 0.15) is 40.7 Å². The summed E-state index contributed by atoms with van der Waals surface area (Å²) in [6.07, 6.45) is -1.59. The van der Waals surface area contributed by atoms with Crippen LogP contribution in [0.4, 0.5) is 14.5 Å². The molecule has 1 amide bonds. The average molecular weight is 605 g/mol. The first-order chi connectivity index (χ1) is 20.1. The van der Waals surface area contributed by atoms with Crippen molar-refractivity contribution in [3.8, 4) is 5.75 Å². The summed E-state index contributed by atoms with van der Waals surface area (Å²) >= 11 is 0. The molecule has 11 nitrogen and oxygen atoms in total. The Bertz CT molecular complexity index is 1450. The highest BCUT2D eigenvalue weighted by Gasteiger charge is 2.63. The number of carbonyl (C=O) groups excluding carboxylic acids is 3. The summed E-state index contributed by atoms with van der Waals surface area (Å²) in [6, 6.07) is 0.707. The van der Waals surface area contributed by atoms with E-state index in [1.807, 2.05) is 4.90 Å². The Kier molecular flexibility index (Phi) is 7.81. The number of nitrogens with two attached hydrogens (primary N) is 1. The van der Waals surface area contributed by atoms with E-state index in [0.717, 1.165) is 0 Å². The first-order valence-corrected chi connectivity index (χ1v) is 14.3. The molecule has 1 unspecified atom stereocenters. The summed E-state index contributed by atoms with van der Waals surface area (Å²) in [4.78, 5) is 45.1. The molecule has 0 saturated carbocycles. The lowest BCUT2D eigenvalue weighted by Gasteiger charge is -2.50. The van der Waals surface area contributed by atoms with Crippen LogP contribution in [-0.2, 0) is 22.6 Å². The zero-order valence-electron chi connectivity index (χ0n) is 24.6. The summed E-state index contributed by atoms with van der Waals surface area (Å²) in [5.41, 5.74) is 3.12. The van der Waals surface area contributed by atoms with Crippen LogP contribution in [0.3, 0.4) is 0 Å². The Hall–Kier alpha value is -3.55. The fourth-order valence-electron chi connectivity index (χ4n) is 7.48. The van der Waals surface area contributed by atoms with Crippen molar-refractivity contribution in [2.24, 2.45) is 23.5 Å². The highest BCUT2D eigenvalue weighted by Crippen LogP contribution is 2.53. The number of ketones is 2. The van der Waals surface area contributed by atoms with E-state index >= 15 is 0 Å². The van der Waals surface area contributed by atoms with Gasteiger partial charge in [0.2, 0.25) is 12.2 Å². The Morgan fingerprint density at radius 2 is 1.77 bits per heavy atom. The zero-order valence-corrected chi connectivity index (χ0v) is 24.6. The van der Waals surface area contributed by atoms with E-state index in [1.54, 1.807) is 39.2 Å². The molecule has 6 N–H and O–H groups in total. The minimum Gasteiger partial charge on any atom is -0.510 e. The summed E-state index contributed by atoms with van der Waals surface area (Å²) in [5, 5.41) is 45.7. The van der Waals surface area contributed by atoms with Gasteiger partial charge < -0.3 is 31.1 Å². The standard InChI is InChI=1S/C30H38F2N4O7/c1-34(2)18-11-15(12-36-7-5-13(6-8-36)28(31)32)23(37)20-16(18)9-14-10-17-22(35(3)4)25(39)21(29(33)42)27(41)30(17,43)26(40)19(14)24(20)38/h11,13-14,17,22,28,37,39-40,43H,5-10,12H2,1-4H3,(H2,33,42)/t14-,17-,22?,30-/m0/s1. The van der Waals surface area contributed by atoms with Crippen LogP contribution in [0.15, 0.2) is 28.7 Å². The molecule has 1 fully saturated rings. The van der Waals surface area contributed by atoms with Gasteiger partial charge in [-0.2, -0.15) is 0 Å². The lowest BCUT2D eigenvalue weighted by Crippen LogP contribution is -2.63. The molecule has 1 heterocycles. The van der Waals surface area contributed by atoms with Crippen LogP contribution < -0.4 is 10.6 Å². The van der Waals surface area contributed by atoms with Gasteiger partial charge in [-0.25, -0.2) is 8.78 Å². The number of allylic oxidation sites excluding steroid dienone is 1. The number of aromatic hydroxyl groups is 1. The van der Waals surface area contributed by atoms with Crippen molar-refractivity contribution in [2.75, 3.05) is 46.2 Å². The van der Waals surface area contributed by atoms with Gasteiger partial charge in [0.05, 0.1) is 11.6 Å². The number of aliphatic hydroxyl groups is 3. The van der Waals surface area contributed by atoms with E-state index < -0.39 is 70.4 Å². The maximum atomic E-state index is 14.2. The first kappa shape index (κ1) is 30.9. The van der Waals surface area contributed by atoms with Crippen LogP contribution in [0.2, 0.25) is 0 Å². The van der Waals surface area contributed by atoms with Crippen molar-refractivity contribution < 1.29 is 43.6 Å². The molecule has 3 aliphatic carbocycles. The van der Waals surface area contributed by atoms with Crippen LogP contribution in [-0.4, -0.2) is 107 Å². The van der Waals surface area contributed by atoms with Crippen molar-refractivity contribution in [3.63, 3.8) is 0 Å². The number of piperidine rings is 1. The van der Waals surface area contributed by atoms with Crippen molar-refractivity contribution in [2.45, 2.75) is 50.3 Å². The van der Waals surface area contributed by atoms with Gasteiger partial charge in [-0.15, -0.1) is 0 Å². The van der Waals surface area contributed by atoms with E-state index in [9.17, 15) is 43.6 Å². The lowest BCUT2D eigenvalue weighted by atomic mass is 9.58. The molecule has 0 aromatic heterocycles. The van der Waals surface area contributed by atoms with E-state index in [0.29, 0.717) is 42.7 Å². The predicted octanol–water partition coefficient (Wildman–Crippen LogP) is 1.66. The molecule has 4 aliphatic rings. The second-order valence-corrected chi connectivity index (χ2v) is 12.6. The summed E-state index contributed by atoms with van der Waals surface area (Å²) in [7, 11) is 6.72. The highest BCUT2D eigenvalue weighted by atomic mass is 19.3. The summed E-state index contributed by atoms with van der Waals surface area (Å²) in [5.74, 6) is -7.65. The number of hydrogen-bond donors (Lipinski definition) is 5. The number of Topliss-reactive ketones (excluding diaryl/α,β-unsaturated/α-hetero) is 2. The number of aliphatic hydroxyl groups excluding tert-OH is 2. The Balaban J connectivity index is 1.61. The zero-order chi connectivity index (χ0) is 31.7. The Labute approximate surface area is 247 Å². The number of rotatable bonds is 6. The van der Waals surface area contributed by atoms with Crippen LogP contribution in [0, 0.1) is 17.8 Å². The second-order valence-electron chi connectivity index (χ2n) is 12.6. The number of nitrogens with zero attached hydrogens (tertiary/aromatic N) is 3. The average Bonchev–Trinajstić information content (AvgIpc) is 2.92. The number of benzene rings is 1. The smallest absolute Gasteiger partial charge is 0.255 e. The molecular formula is C30H38F2N4O7. The normalized spacial score (nSPS) is 28.3. The second kappa shape index (κ2) is 10.9. The molecule has 1 aromatic rings. The van der Waals surface area contributed by atoms with E-state index in [1.165, 1.54) is 4.90 Å². The number of amides is 1. The van der Waals surface area contributed by atoms with Crippen LogP contribution >= 0.6 is 0 Å². The van der Waals surface area contributed by atoms with Crippen LogP contribution in [0.5, 0.6) is 5.75 Å². The third kappa shape index (κ3) is 4.68. The largest absolute Gasteiger partial charge is 0.510 e. The van der Waals surface area contributed by atoms with E-state index in [2.05, 4.69) is 0 Å². The molecule has 0 bridgehead atoms. The molecule has 0 spiro atoms. The molecule has 5 rings (SSSR count). The molecule has 0 radical (unpaired) electrons. The monoisotopic (exact) mass is 604 g/mol. The molecular weight excluding hydrogens is 566 g/mol. The molecule has 234 valence electrons. The predicted molar refractivity (Wildman–Crippen MR) is 152 cm³/mol. The number of anilines is 1. The SMILES string of the molecule is CN(C)c1cc(CN2CCC(C(F)F)CC2)c(O)c2c1C[C@H]1C[C@H]3C(N(C)C)C(O)=C(C(N)=O)C(=O)[C@@]3(O)C(O)=C1C2=O. The van der Waals surface area contributed by atoms with Gasteiger partial charge in [-0.3, -0.25) is 24.2 Å². The number of fused-ring (bicyclic) bond motifs is 3. The minimum atomic E-state index is -2.71. The summed E-state index contributed by atoms with van der Waals surface area (Å²) < 4.78 is 26.3. The Morgan fingerprint density at radius 1 is 1.14 bits per heavy atom. The molecule has 43 heavy (non-hydrogen) atoms. The number of hydrogen-bond acceptors (Lipinski definition) is 10. The highest BCUT2D eigenvalue weighted by molar-refractivity contribution is 6.25. The number of carbonyl (C=O) groups is 3. The van der Waals surface area contributed by atoms with Gasteiger partial charge in [0.1, 0.15) is 22.8 Å². The molecule has 1 saturated heterocycles. The topological polar surface area (TPSA) is 168 Å². The third-order valence-corrected chi connectivity index (χ3v) is 9.64. The van der Waals surface area contributed by atoms with E-state index in [-0.39, 0.29) is 36.3 Å². The van der Waals surface area contributed by atoms with Crippen LogP contribution in [0.25, 0.3) is 0 Å². The van der Waals surface area contributed by atoms with Gasteiger partial charge in [0.25, 0.3) is 5.91 Å². The van der Waals surface area contributed by atoms with Crippen molar-refractivity contribution in [3.05, 3.63) is 45.4 Å². The maximum Gasteiger partial charge on any atom is 0.255 e. The molecule has 1 aromatic carbocycles. The minimum absolute atomic E-state index is 0.000223.